The van der Waals surface area contributed by atoms with E-state index in [9.17, 15) is 9.59 Å². The van der Waals surface area contributed by atoms with Crippen molar-refractivity contribution in [3.8, 4) is 11.5 Å². The zero-order chi connectivity index (χ0) is 24.1. The van der Waals surface area contributed by atoms with Gasteiger partial charge < -0.3 is 19.7 Å². The quantitative estimate of drug-likeness (QED) is 0.380. The van der Waals surface area contributed by atoms with Gasteiger partial charge in [-0.1, -0.05) is 50.1 Å². The minimum Gasteiger partial charge on any atom is -0.497 e. The van der Waals surface area contributed by atoms with Crippen LogP contribution in [0.3, 0.4) is 0 Å². The summed E-state index contributed by atoms with van der Waals surface area (Å²) in [5.74, 6) is 1.26. The van der Waals surface area contributed by atoms with Crippen molar-refractivity contribution < 1.29 is 19.1 Å². The molecule has 0 saturated heterocycles. The number of hydrogen-bond donors (Lipinski definition) is 1. The van der Waals surface area contributed by atoms with Crippen LogP contribution in [0.4, 0.5) is 0 Å². The number of amides is 2. The van der Waals surface area contributed by atoms with E-state index >= 15 is 0 Å². The molecule has 2 aromatic rings. The highest BCUT2D eigenvalue weighted by atomic mass is 35.5. The van der Waals surface area contributed by atoms with Gasteiger partial charge >= 0.3 is 0 Å². The molecule has 0 aliphatic rings. The van der Waals surface area contributed by atoms with Gasteiger partial charge in [-0.05, 0) is 55.2 Å². The topological polar surface area (TPSA) is 67.9 Å². The van der Waals surface area contributed by atoms with Gasteiger partial charge in [-0.2, -0.15) is 0 Å². The van der Waals surface area contributed by atoms with Crippen molar-refractivity contribution in [2.75, 3.05) is 20.3 Å². The lowest BCUT2D eigenvalue weighted by atomic mass is 10.1. The molecule has 180 valence electrons. The number of unbranched alkanes of at least 4 members (excludes halogenated alkanes) is 1. The van der Waals surface area contributed by atoms with Crippen molar-refractivity contribution in [3.63, 3.8) is 0 Å². The SMILES string of the molecule is CCCCNC(=O)C(CC)N(Cc1ccccc1Cl)C(=O)CCCOc1ccc(OC)cc1. The molecule has 0 fully saturated rings. The maximum absolute atomic E-state index is 13.2. The van der Waals surface area contributed by atoms with E-state index in [1.165, 1.54) is 0 Å². The minimum atomic E-state index is -0.548. The molecule has 6 nitrogen and oxygen atoms in total. The summed E-state index contributed by atoms with van der Waals surface area (Å²) in [5.41, 5.74) is 0.821. The van der Waals surface area contributed by atoms with Crippen LogP contribution in [-0.2, 0) is 16.1 Å². The molecule has 7 heteroatoms. The molecule has 0 aromatic heterocycles. The maximum atomic E-state index is 13.2. The second-order valence-corrected chi connectivity index (χ2v) is 8.22. The summed E-state index contributed by atoms with van der Waals surface area (Å²) in [6.07, 6.45) is 3.24. The predicted molar refractivity (Wildman–Crippen MR) is 132 cm³/mol. The van der Waals surface area contributed by atoms with Crippen LogP contribution in [0.25, 0.3) is 0 Å². The number of hydrogen-bond acceptors (Lipinski definition) is 4. The Bertz CT molecular complexity index is 873. The molecule has 0 radical (unpaired) electrons. The van der Waals surface area contributed by atoms with Gasteiger partial charge in [-0.3, -0.25) is 9.59 Å². The van der Waals surface area contributed by atoms with Gasteiger partial charge in [0.1, 0.15) is 17.5 Å². The highest BCUT2D eigenvalue weighted by molar-refractivity contribution is 6.31. The van der Waals surface area contributed by atoms with E-state index in [1.54, 1.807) is 18.1 Å². The summed E-state index contributed by atoms with van der Waals surface area (Å²) < 4.78 is 10.9. The summed E-state index contributed by atoms with van der Waals surface area (Å²) in [5, 5.41) is 3.55. The molecule has 0 bridgehead atoms. The standard InChI is InChI=1S/C26H35ClN2O4/c1-4-6-17-28-26(31)24(5-2)29(19-20-10-7-8-11-23(20)27)25(30)12-9-18-33-22-15-13-21(32-3)14-16-22/h7-8,10-11,13-16,24H,4-6,9,12,17-19H2,1-3H3,(H,28,31). The first-order valence-corrected chi connectivity index (χ1v) is 11.9. The molecule has 33 heavy (non-hydrogen) atoms. The normalized spacial score (nSPS) is 11.5. The first kappa shape index (κ1) is 26.5. The minimum absolute atomic E-state index is 0.0919. The van der Waals surface area contributed by atoms with Gasteiger partial charge in [0.15, 0.2) is 0 Å². The Balaban J connectivity index is 2.02. The lowest BCUT2D eigenvalue weighted by Gasteiger charge is -2.31. The average molecular weight is 475 g/mol. The van der Waals surface area contributed by atoms with E-state index in [1.807, 2.05) is 49.4 Å². The molecule has 0 aliphatic heterocycles. The summed E-state index contributed by atoms with van der Waals surface area (Å²) >= 11 is 6.35. The van der Waals surface area contributed by atoms with Crippen molar-refractivity contribution in [3.05, 3.63) is 59.1 Å². The zero-order valence-electron chi connectivity index (χ0n) is 19.8. The van der Waals surface area contributed by atoms with Crippen LogP contribution in [0.1, 0.15) is 51.5 Å². The van der Waals surface area contributed by atoms with Gasteiger partial charge in [0, 0.05) is 24.5 Å². The monoisotopic (exact) mass is 474 g/mol. The number of halogens is 1. The van der Waals surface area contributed by atoms with Crippen molar-refractivity contribution in [1.29, 1.82) is 0 Å². The van der Waals surface area contributed by atoms with Crippen molar-refractivity contribution in [2.45, 2.75) is 58.5 Å². The smallest absolute Gasteiger partial charge is 0.242 e. The van der Waals surface area contributed by atoms with Gasteiger partial charge in [0.05, 0.1) is 13.7 Å². The van der Waals surface area contributed by atoms with Gasteiger partial charge in [0.2, 0.25) is 11.8 Å². The maximum Gasteiger partial charge on any atom is 0.242 e. The highest BCUT2D eigenvalue weighted by Gasteiger charge is 2.28. The second kappa shape index (κ2) is 14.4. The Morgan fingerprint density at radius 3 is 2.36 bits per heavy atom. The third kappa shape index (κ3) is 8.61. The number of carbonyl (C=O) groups excluding carboxylic acids is 2. The van der Waals surface area contributed by atoms with Crippen LogP contribution in [0, 0.1) is 0 Å². The molecule has 0 aliphatic carbocycles. The Kier molecular flexibility index (Phi) is 11.6. The van der Waals surface area contributed by atoms with Gasteiger partial charge in [-0.15, -0.1) is 0 Å². The summed E-state index contributed by atoms with van der Waals surface area (Å²) in [6.45, 7) is 5.29. The lowest BCUT2D eigenvalue weighted by molar-refractivity contribution is -0.141. The third-order valence-electron chi connectivity index (χ3n) is 5.38. The summed E-state index contributed by atoms with van der Waals surface area (Å²) in [4.78, 5) is 27.7. The molecule has 0 saturated carbocycles. The highest BCUT2D eigenvalue weighted by Crippen LogP contribution is 2.21. The zero-order valence-corrected chi connectivity index (χ0v) is 20.6. The molecule has 1 unspecified atom stereocenters. The molecule has 0 spiro atoms. The number of carbonyl (C=O) groups is 2. The van der Waals surface area contributed by atoms with E-state index in [2.05, 4.69) is 12.2 Å². The van der Waals surface area contributed by atoms with Gasteiger partial charge in [-0.25, -0.2) is 0 Å². The Labute approximate surface area is 202 Å². The van der Waals surface area contributed by atoms with Crippen LogP contribution in [0.15, 0.2) is 48.5 Å². The Morgan fingerprint density at radius 1 is 1.03 bits per heavy atom. The first-order chi connectivity index (χ1) is 16.0. The van der Waals surface area contributed by atoms with E-state index in [4.69, 9.17) is 21.1 Å². The molecule has 2 amide bonds. The van der Waals surface area contributed by atoms with Crippen LogP contribution in [-0.4, -0.2) is 43.0 Å². The predicted octanol–water partition coefficient (Wildman–Crippen LogP) is 5.23. The number of methoxy groups -OCH3 is 1. The van der Waals surface area contributed by atoms with Crippen molar-refractivity contribution >= 4 is 23.4 Å². The van der Waals surface area contributed by atoms with E-state index < -0.39 is 6.04 Å². The number of benzene rings is 2. The largest absolute Gasteiger partial charge is 0.497 e. The fourth-order valence-corrected chi connectivity index (χ4v) is 3.66. The molecular formula is C26H35ClN2O4. The number of nitrogens with one attached hydrogen (secondary N) is 1. The molecule has 1 atom stereocenters. The van der Waals surface area contributed by atoms with Crippen LogP contribution < -0.4 is 14.8 Å². The Hall–Kier alpha value is -2.73. The molecule has 2 aromatic carbocycles. The van der Waals surface area contributed by atoms with E-state index in [0.717, 1.165) is 29.9 Å². The van der Waals surface area contributed by atoms with Crippen LogP contribution >= 0.6 is 11.6 Å². The summed E-state index contributed by atoms with van der Waals surface area (Å²) in [6, 6.07) is 14.2. The molecular weight excluding hydrogens is 440 g/mol. The van der Waals surface area contributed by atoms with Gasteiger partial charge in [0.25, 0.3) is 0 Å². The van der Waals surface area contributed by atoms with Crippen molar-refractivity contribution in [2.24, 2.45) is 0 Å². The number of ether oxygens (including phenoxy) is 2. The number of rotatable bonds is 14. The molecule has 2 rings (SSSR count). The lowest BCUT2D eigenvalue weighted by Crippen LogP contribution is -2.49. The van der Waals surface area contributed by atoms with Crippen LogP contribution in [0.5, 0.6) is 11.5 Å². The van der Waals surface area contributed by atoms with E-state index in [0.29, 0.717) is 31.0 Å². The second-order valence-electron chi connectivity index (χ2n) is 7.81. The van der Waals surface area contributed by atoms with Crippen molar-refractivity contribution in [1.82, 2.24) is 10.2 Å². The van der Waals surface area contributed by atoms with E-state index in [-0.39, 0.29) is 24.8 Å². The molecule has 1 N–H and O–H groups in total. The summed E-state index contributed by atoms with van der Waals surface area (Å²) in [7, 11) is 1.61. The fourth-order valence-electron chi connectivity index (χ4n) is 3.46. The first-order valence-electron chi connectivity index (χ1n) is 11.6. The Morgan fingerprint density at radius 2 is 1.73 bits per heavy atom. The van der Waals surface area contributed by atoms with Crippen LogP contribution in [0.2, 0.25) is 5.02 Å². The fraction of sp³-hybridized carbons (Fsp3) is 0.462. The molecule has 0 heterocycles. The average Bonchev–Trinajstić information content (AvgIpc) is 2.83. The number of nitrogens with zero attached hydrogens (tertiary/aromatic N) is 1. The third-order valence-corrected chi connectivity index (χ3v) is 5.75.